The topological polar surface area (TPSA) is 114 Å². The summed E-state index contributed by atoms with van der Waals surface area (Å²) in [5.41, 5.74) is 5.06. The van der Waals surface area contributed by atoms with Crippen molar-refractivity contribution in [2.24, 2.45) is 5.73 Å². The van der Waals surface area contributed by atoms with E-state index in [0.29, 0.717) is 5.82 Å². The summed E-state index contributed by atoms with van der Waals surface area (Å²) in [7, 11) is -3.98. The van der Waals surface area contributed by atoms with Gasteiger partial charge in [-0.25, -0.2) is 22.5 Å². The first-order valence-corrected chi connectivity index (χ1v) is 7.23. The normalized spacial score (nSPS) is 11.4. The molecule has 0 radical (unpaired) electrons. The Hall–Kier alpha value is -1.91. The van der Waals surface area contributed by atoms with Crippen LogP contribution in [0.1, 0.15) is 11.4 Å². The van der Waals surface area contributed by atoms with Crippen molar-refractivity contribution >= 4 is 27.2 Å². The maximum absolute atomic E-state index is 13.7. The molecule has 2 aromatic rings. The minimum absolute atomic E-state index is 0.115. The van der Waals surface area contributed by atoms with E-state index in [-0.39, 0.29) is 22.0 Å². The van der Waals surface area contributed by atoms with Gasteiger partial charge in [0, 0.05) is 0 Å². The summed E-state index contributed by atoms with van der Waals surface area (Å²) in [5.74, 6) is -0.470. The fourth-order valence-electron chi connectivity index (χ4n) is 1.52. The second-order valence-corrected chi connectivity index (χ2v) is 5.91. The summed E-state index contributed by atoms with van der Waals surface area (Å²) in [6.45, 7) is -0.115. The molecule has 0 fully saturated rings. The number of nitrogens with one attached hydrogen (secondary N) is 2. The molecule has 0 bridgehead atoms. The monoisotopic (exact) mass is 315 g/mol. The van der Waals surface area contributed by atoms with Crippen LogP contribution in [0, 0.1) is 5.82 Å². The number of hydrogen-bond acceptors (Lipinski definition) is 5. The predicted octanol–water partition coefficient (Wildman–Crippen LogP) is 0.0565. The highest BCUT2D eigenvalue weighted by Crippen LogP contribution is 2.18. The van der Waals surface area contributed by atoms with E-state index in [0.717, 1.165) is 6.07 Å². The van der Waals surface area contributed by atoms with E-state index in [1.54, 1.807) is 0 Å². The molecule has 0 unspecified atom stereocenters. The Balaban J connectivity index is 2.34. The van der Waals surface area contributed by atoms with Gasteiger partial charge in [-0.3, -0.25) is 5.10 Å². The van der Waals surface area contributed by atoms with Crippen molar-refractivity contribution in [1.29, 1.82) is 0 Å². The van der Waals surface area contributed by atoms with Crippen molar-refractivity contribution in [3.05, 3.63) is 41.7 Å². The second-order valence-electron chi connectivity index (χ2n) is 3.73. The lowest BCUT2D eigenvalue weighted by atomic mass is 10.2. The van der Waals surface area contributed by atoms with Gasteiger partial charge < -0.3 is 5.73 Å². The van der Waals surface area contributed by atoms with Crippen molar-refractivity contribution in [3.8, 4) is 0 Å². The first kappa shape index (κ1) is 14.5. The quantitative estimate of drug-likeness (QED) is 0.672. The van der Waals surface area contributed by atoms with Gasteiger partial charge in [-0.15, -0.1) is 0 Å². The molecule has 0 aliphatic rings. The second kappa shape index (κ2) is 5.61. The first-order chi connectivity index (χ1) is 9.42. The van der Waals surface area contributed by atoms with Crippen LogP contribution >= 0.6 is 12.2 Å². The van der Waals surface area contributed by atoms with Crippen molar-refractivity contribution in [1.82, 2.24) is 19.9 Å². The molecule has 7 nitrogen and oxygen atoms in total. The van der Waals surface area contributed by atoms with Crippen LogP contribution < -0.4 is 10.5 Å². The van der Waals surface area contributed by atoms with E-state index in [1.807, 2.05) is 0 Å². The SMILES string of the molecule is NC(=S)c1c(F)cccc1S(=O)(=O)NCc1ncn[nH]1. The zero-order valence-electron chi connectivity index (χ0n) is 10.00. The molecule has 1 aromatic carbocycles. The fraction of sp³-hybridized carbons (Fsp3) is 0.100. The number of benzene rings is 1. The van der Waals surface area contributed by atoms with Crippen molar-refractivity contribution in [2.75, 3.05) is 0 Å². The highest BCUT2D eigenvalue weighted by atomic mass is 32.2. The average Bonchev–Trinajstić information content (AvgIpc) is 2.89. The van der Waals surface area contributed by atoms with Crippen LogP contribution in [0.25, 0.3) is 0 Å². The molecule has 0 aliphatic heterocycles. The van der Waals surface area contributed by atoms with E-state index in [1.165, 1.54) is 18.5 Å². The van der Waals surface area contributed by atoms with Crippen LogP contribution in [-0.4, -0.2) is 28.6 Å². The van der Waals surface area contributed by atoms with Gasteiger partial charge in [0.05, 0.1) is 17.0 Å². The standard InChI is InChI=1S/C10H10FN5O2S2/c11-6-2-1-3-7(9(6)10(12)19)20(17,18)15-4-8-13-5-14-16-8/h1-3,5,15H,4H2,(H2,12,19)(H,13,14,16). The van der Waals surface area contributed by atoms with Crippen LogP contribution in [-0.2, 0) is 16.6 Å². The Kier molecular flexibility index (Phi) is 4.06. The van der Waals surface area contributed by atoms with E-state index in [9.17, 15) is 12.8 Å². The number of aromatic amines is 1. The Labute approximate surface area is 119 Å². The van der Waals surface area contributed by atoms with Crippen LogP contribution in [0.5, 0.6) is 0 Å². The molecule has 0 saturated carbocycles. The van der Waals surface area contributed by atoms with E-state index in [2.05, 4.69) is 32.1 Å². The Morgan fingerprint density at radius 2 is 2.25 bits per heavy atom. The molecule has 20 heavy (non-hydrogen) atoms. The van der Waals surface area contributed by atoms with Gasteiger partial charge in [-0.2, -0.15) is 5.10 Å². The van der Waals surface area contributed by atoms with Gasteiger partial charge >= 0.3 is 0 Å². The number of nitrogens with zero attached hydrogens (tertiary/aromatic N) is 2. The third-order valence-corrected chi connectivity index (χ3v) is 4.05. The zero-order valence-corrected chi connectivity index (χ0v) is 11.6. The smallest absolute Gasteiger partial charge is 0.241 e. The van der Waals surface area contributed by atoms with Crippen molar-refractivity contribution < 1.29 is 12.8 Å². The minimum Gasteiger partial charge on any atom is -0.389 e. The van der Waals surface area contributed by atoms with Crippen LogP contribution in [0.15, 0.2) is 29.4 Å². The molecule has 106 valence electrons. The lowest BCUT2D eigenvalue weighted by molar-refractivity contribution is 0.575. The highest BCUT2D eigenvalue weighted by Gasteiger charge is 2.22. The molecule has 0 amide bonds. The number of rotatable bonds is 5. The van der Waals surface area contributed by atoms with Crippen LogP contribution in [0.3, 0.4) is 0 Å². The first-order valence-electron chi connectivity index (χ1n) is 5.34. The molecule has 1 heterocycles. The van der Waals surface area contributed by atoms with Gasteiger partial charge in [-0.05, 0) is 12.1 Å². The Bertz CT molecular complexity index is 730. The number of H-pyrrole nitrogens is 1. The number of thiocarbonyl (C=S) groups is 1. The van der Waals surface area contributed by atoms with E-state index >= 15 is 0 Å². The van der Waals surface area contributed by atoms with Crippen molar-refractivity contribution in [3.63, 3.8) is 0 Å². The molecule has 2 rings (SSSR count). The van der Waals surface area contributed by atoms with Crippen LogP contribution in [0.4, 0.5) is 4.39 Å². The predicted molar refractivity (Wildman–Crippen MR) is 72.7 cm³/mol. The number of halogens is 1. The molecular formula is C10H10FN5O2S2. The summed E-state index contributed by atoms with van der Waals surface area (Å²) >= 11 is 4.69. The molecule has 0 saturated heterocycles. The van der Waals surface area contributed by atoms with Gasteiger partial charge in [0.25, 0.3) is 0 Å². The van der Waals surface area contributed by atoms with Gasteiger partial charge in [0.15, 0.2) is 0 Å². The third kappa shape index (κ3) is 2.98. The lowest BCUT2D eigenvalue weighted by Crippen LogP contribution is -2.27. The van der Waals surface area contributed by atoms with Gasteiger partial charge in [0.1, 0.15) is 23.0 Å². The molecule has 4 N–H and O–H groups in total. The van der Waals surface area contributed by atoms with E-state index in [4.69, 9.17) is 5.73 Å². The lowest BCUT2D eigenvalue weighted by Gasteiger charge is -2.10. The Morgan fingerprint density at radius 1 is 1.50 bits per heavy atom. The van der Waals surface area contributed by atoms with Gasteiger partial charge in [-0.1, -0.05) is 18.3 Å². The molecule has 0 spiro atoms. The fourth-order valence-corrected chi connectivity index (χ4v) is 3.01. The maximum atomic E-state index is 13.7. The maximum Gasteiger partial charge on any atom is 0.241 e. The zero-order chi connectivity index (χ0) is 14.8. The molecule has 0 atom stereocenters. The number of sulfonamides is 1. The summed E-state index contributed by atoms with van der Waals surface area (Å²) < 4.78 is 40.2. The molecule has 10 heteroatoms. The minimum atomic E-state index is -3.98. The average molecular weight is 315 g/mol. The van der Waals surface area contributed by atoms with Crippen LogP contribution in [0.2, 0.25) is 0 Å². The summed E-state index contributed by atoms with van der Waals surface area (Å²) in [6.07, 6.45) is 1.24. The van der Waals surface area contributed by atoms with Crippen molar-refractivity contribution in [2.45, 2.75) is 11.4 Å². The number of hydrogen-bond donors (Lipinski definition) is 3. The summed E-state index contributed by atoms with van der Waals surface area (Å²) in [5, 5.41) is 6.08. The van der Waals surface area contributed by atoms with Gasteiger partial charge in [0.2, 0.25) is 10.0 Å². The number of aromatic nitrogens is 3. The summed E-state index contributed by atoms with van der Waals surface area (Å²) in [6, 6.07) is 3.57. The largest absolute Gasteiger partial charge is 0.389 e. The molecule has 1 aromatic heterocycles. The third-order valence-electron chi connectivity index (χ3n) is 2.41. The highest BCUT2D eigenvalue weighted by molar-refractivity contribution is 7.89. The molecule has 0 aliphatic carbocycles. The molecular weight excluding hydrogens is 305 g/mol. The van der Waals surface area contributed by atoms with E-state index < -0.39 is 15.8 Å². The Morgan fingerprint density at radius 3 is 2.85 bits per heavy atom. The summed E-state index contributed by atoms with van der Waals surface area (Å²) in [4.78, 5) is 3.12. The number of nitrogens with two attached hydrogens (primary N) is 1.